The molecule has 1 aliphatic carbocycles. The third kappa shape index (κ3) is 4.03. The van der Waals surface area contributed by atoms with E-state index in [0.29, 0.717) is 0 Å². The van der Waals surface area contributed by atoms with Gasteiger partial charge in [-0.1, -0.05) is 18.2 Å². The molecule has 2 rings (SSSR count). The summed E-state index contributed by atoms with van der Waals surface area (Å²) in [7, 11) is 0. The smallest absolute Gasteiger partial charge is 0.0208 e. The predicted molar refractivity (Wildman–Crippen MR) is 71.8 cm³/mol. The van der Waals surface area contributed by atoms with Gasteiger partial charge < -0.3 is 5.32 Å². The molecular formula is C14H19NS. The highest BCUT2D eigenvalue weighted by Gasteiger charge is 2.19. The zero-order valence-electron chi connectivity index (χ0n) is 9.61. The van der Waals surface area contributed by atoms with E-state index in [1.54, 1.807) is 0 Å². The van der Waals surface area contributed by atoms with Gasteiger partial charge in [-0.3, -0.25) is 0 Å². The second kappa shape index (κ2) is 6.12. The summed E-state index contributed by atoms with van der Waals surface area (Å²) < 4.78 is 0. The summed E-state index contributed by atoms with van der Waals surface area (Å²) in [5.41, 5.74) is 1.39. The van der Waals surface area contributed by atoms with Crippen molar-refractivity contribution >= 4 is 11.8 Å². The number of allylic oxidation sites excluding steroid dienone is 1. The number of thioether (sulfide) groups is 1. The van der Waals surface area contributed by atoms with Crippen LogP contribution in [-0.2, 0) is 6.54 Å². The molecule has 1 aromatic rings. The van der Waals surface area contributed by atoms with Gasteiger partial charge in [0.2, 0.25) is 0 Å². The first kappa shape index (κ1) is 11.7. The Kier molecular flexibility index (Phi) is 4.49. The molecule has 0 aromatic heterocycles. The monoisotopic (exact) mass is 233 g/mol. The highest BCUT2D eigenvalue weighted by molar-refractivity contribution is 7.99. The lowest BCUT2D eigenvalue weighted by atomic mass is 10.2. The van der Waals surface area contributed by atoms with E-state index in [9.17, 15) is 0 Å². The number of nitrogens with one attached hydrogen (secondary N) is 1. The molecule has 1 saturated carbocycles. The van der Waals surface area contributed by atoms with E-state index in [-0.39, 0.29) is 0 Å². The molecular weight excluding hydrogens is 214 g/mol. The molecule has 0 atom stereocenters. The minimum Gasteiger partial charge on any atom is -0.310 e. The van der Waals surface area contributed by atoms with E-state index in [0.717, 1.165) is 24.8 Å². The second-order valence-corrected chi connectivity index (χ2v) is 5.39. The topological polar surface area (TPSA) is 12.0 Å². The van der Waals surface area contributed by atoms with Crippen LogP contribution >= 0.6 is 11.8 Å². The van der Waals surface area contributed by atoms with Crippen molar-refractivity contribution in [1.82, 2.24) is 5.32 Å². The Balaban J connectivity index is 1.76. The quantitative estimate of drug-likeness (QED) is 0.439. The molecule has 86 valence electrons. The van der Waals surface area contributed by atoms with Gasteiger partial charge in [0.25, 0.3) is 0 Å². The first-order valence-electron chi connectivity index (χ1n) is 5.94. The molecule has 1 N–H and O–H groups in total. The van der Waals surface area contributed by atoms with Crippen molar-refractivity contribution in [2.75, 3.05) is 5.75 Å². The second-order valence-electron chi connectivity index (χ2n) is 4.22. The number of hydrogen-bond acceptors (Lipinski definition) is 2. The maximum atomic E-state index is 3.73. The summed E-state index contributed by atoms with van der Waals surface area (Å²) in [4.78, 5) is 1.36. The van der Waals surface area contributed by atoms with Crippen LogP contribution in [0.2, 0.25) is 0 Å². The van der Waals surface area contributed by atoms with Gasteiger partial charge in [-0.2, -0.15) is 0 Å². The van der Waals surface area contributed by atoms with Gasteiger partial charge in [0.05, 0.1) is 0 Å². The first-order chi connectivity index (χ1) is 7.88. The SMILES string of the molecule is C=CCCSc1ccc(CNC2CC2)cc1. The lowest BCUT2D eigenvalue weighted by Crippen LogP contribution is -2.14. The summed E-state index contributed by atoms with van der Waals surface area (Å²) in [5, 5.41) is 3.52. The minimum absolute atomic E-state index is 0.793. The van der Waals surface area contributed by atoms with Crippen molar-refractivity contribution in [2.24, 2.45) is 0 Å². The minimum atomic E-state index is 0.793. The summed E-state index contributed by atoms with van der Waals surface area (Å²) in [6, 6.07) is 9.69. The number of rotatable bonds is 7. The van der Waals surface area contributed by atoms with E-state index in [1.807, 2.05) is 17.8 Å². The molecule has 0 bridgehead atoms. The van der Waals surface area contributed by atoms with E-state index in [1.165, 1.54) is 23.3 Å². The lowest BCUT2D eigenvalue weighted by Gasteiger charge is -2.04. The van der Waals surface area contributed by atoms with E-state index < -0.39 is 0 Å². The Morgan fingerprint density at radius 3 is 2.69 bits per heavy atom. The van der Waals surface area contributed by atoms with Crippen molar-refractivity contribution in [3.05, 3.63) is 42.5 Å². The molecule has 0 saturated heterocycles. The molecule has 1 aromatic carbocycles. The Morgan fingerprint density at radius 1 is 1.31 bits per heavy atom. The van der Waals surface area contributed by atoms with Crippen molar-refractivity contribution in [3.63, 3.8) is 0 Å². The standard InChI is InChI=1S/C14H19NS/c1-2-3-10-16-14-8-4-12(5-9-14)11-15-13-6-7-13/h2,4-5,8-9,13,15H,1,3,6-7,10-11H2. The van der Waals surface area contributed by atoms with E-state index in [4.69, 9.17) is 0 Å². The fraction of sp³-hybridized carbons (Fsp3) is 0.429. The lowest BCUT2D eigenvalue weighted by molar-refractivity contribution is 0.687. The van der Waals surface area contributed by atoms with Crippen molar-refractivity contribution < 1.29 is 0 Å². The van der Waals surface area contributed by atoms with Crippen LogP contribution in [0.4, 0.5) is 0 Å². The molecule has 16 heavy (non-hydrogen) atoms. The van der Waals surface area contributed by atoms with Gasteiger partial charge in [-0.15, -0.1) is 18.3 Å². The molecule has 1 nitrogen and oxygen atoms in total. The Bertz CT molecular complexity index is 327. The van der Waals surface area contributed by atoms with Crippen LogP contribution in [0.3, 0.4) is 0 Å². The van der Waals surface area contributed by atoms with E-state index in [2.05, 4.69) is 36.2 Å². The van der Waals surface area contributed by atoms with Gasteiger partial charge >= 0.3 is 0 Å². The van der Waals surface area contributed by atoms with Gasteiger partial charge in [-0.25, -0.2) is 0 Å². The molecule has 1 fully saturated rings. The van der Waals surface area contributed by atoms with Crippen LogP contribution in [0, 0.1) is 0 Å². The van der Waals surface area contributed by atoms with Gasteiger partial charge in [0, 0.05) is 23.2 Å². The Morgan fingerprint density at radius 2 is 2.06 bits per heavy atom. The number of hydrogen-bond donors (Lipinski definition) is 1. The van der Waals surface area contributed by atoms with Crippen LogP contribution in [-0.4, -0.2) is 11.8 Å². The number of benzene rings is 1. The average molecular weight is 233 g/mol. The Hall–Kier alpha value is -0.730. The normalized spacial score (nSPS) is 15.0. The highest BCUT2D eigenvalue weighted by Crippen LogP contribution is 2.21. The molecule has 0 heterocycles. The fourth-order valence-electron chi connectivity index (χ4n) is 1.51. The molecule has 0 radical (unpaired) electrons. The first-order valence-corrected chi connectivity index (χ1v) is 6.93. The van der Waals surface area contributed by atoms with Crippen LogP contribution in [0.15, 0.2) is 41.8 Å². The summed E-state index contributed by atoms with van der Waals surface area (Å²) in [6.45, 7) is 4.75. The summed E-state index contributed by atoms with van der Waals surface area (Å²) >= 11 is 1.90. The third-order valence-corrected chi connectivity index (χ3v) is 3.73. The van der Waals surface area contributed by atoms with Crippen LogP contribution < -0.4 is 5.32 Å². The van der Waals surface area contributed by atoms with Crippen LogP contribution in [0.1, 0.15) is 24.8 Å². The maximum Gasteiger partial charge on any atom is 0.0208 e. The summed E-state index contributed by atoms with van der Waals surface area (Å²) in [6.07, 6.45) is 5.77. The molecule has 0 spiro atoms. The highest BCUT2D eigenvalue weighted by atomic mass is 32.2. The third-order valence-electron chi connectivity index (χ3n) is 2.69. The zero-order valence-corrected chi connectivity index (χ0v) is 10.4. The molecule has 1 aliphatic rings. The maximum absolute atomic E-state index is 3.73. The van der Waals surface area contributed by atoms with Gasteiger partial charge in [0.1, 0.15) is 0 Å². The summed E-state index contributed by atoms with van der Waals surface area (Å²) in [5.74, 6) is 1.13. The van der Waals surface area contributed by atoms with Gasteiger partial charge in [0.15, 0.2) is 0 Å². The molecule has 0 amide bonds. The predicted octanol–water partition coefficient (Wildman–Crippen LogP) is 3.61. The Labute approximate surface area is 102 Å². The van der Waals surface area contributed by atoms with Crippen LogP contribution in [0.25, 0.3) is 0 Å². The zero-order chi connectivity index (χ0) is 11.2. The average Bonchev–Trinajstić information content (AvgIpc) is 3.12. The molecule has 0 aliphatic heterocycles. The fourth-order valence-corrected chi connectivity index (χ4v) is 2.36. The molecule has 2 heteroatoms. The largest absolute Gasteiger partial charge is 0.310 e. The van der Waals surface area contributed by atoms with E-state index >= 15 is 0 Å². The van der Waals surface area contributed by atoms with Crippen molar-refractivity contribution in [2.45, 2.75) is 36.7 Å². The van der Waals surface area contributed by atoms with Gasteiger partial charge in [-0.05, 0) is 37.0 Å². The van der Waals surface area contributed by atoms with Crippen LogP contribution in [0.5, 0.6) is 0 Å². The molecule has 0 unspecified atom stereocenters. The van der Waals surface area contributed by atoms with Crippen molar-refractivity contribution in [3.8, 4) is 0 Å². The van der Waals surface area contributed by atoms with Crippen molar-refractivity contribution in [1.29, 1.82) is 0 Å².